The lowest BCUT2D eigenvalue weighted by Crippen LogP contribution is -2.35. The fraction of sp³-hybridized carbons (Fsp3) is 0.316. The first-order valence-corrected chi connectivity index (χ1v) is 9.28. The molecule has 2 N–H and O–H groups in total. The van der Waals surface area contributed by atoms with Crippen molar-refractivity contribution < 1.29 is 13.6 Å². The summed E-state index contributed by atoms with van der Waals surface area (Å²) in [5.74, 6) is -1.85. The fourth-order valence-corrected chi connectivity index (χ4v) is 3.88. The number of pyridine rings is 1. The van der Waals surface area contributed by atoms with E-state index in [0.29, 0.717) is 12.1 Å². The highest BCUT2D eigenvalue weighted by atomic mass is 19.2. The monoisotopic (exact) mass is 414 g/mol. The smallest absolute Gasteiger partial charge is 0.210 e. The number of hydrogen-bond donors (Lipinski definition) is 1. The average Bonchev–Trinajstić information content (AvgIpc) is 3.37. The average molecular weight is 414 g/mol. The SMILES string of the molecule is CN(C)C1CCN(C=O)C1c1cnc(N)c(-c2nnnn2-c2cccc(F)c2F)c1. The van der Waals surface area contributed by atoms with Gasteiger partial charge >= 0.3 is 0 Å². The molecule has 4 rings (SSSR count). The van der Waals surface area contributed by atoms with Gasteiger partial charge in [0.2, 0.25) is 6.41 Å². The molecule has 1 aromatic carbocycles. The highest BCUT2D eigenvalue weighted by Gasteiger charge is 2.36. The molecule has 3 heterocycles. The van der Waals surface area contributed by atoms with Crippen LogP contribution in [0.15, 0.2) is 30.5 Å². The van der Waals surface area contributed by atoms with Gasteiger partial charge in [0.05, 0.1) is 11.6 Å². The van der Waals surface area contributed by atoms with Gasteiger partial charge in [-0.2, -0.15) is 4.68 Å². The summed E-state index contributed by atoms with van der Waals surface area (Å²) in [6.07, 6.45) is 3.23. The molecule has 1 fully saturated rings. The third-order valence-electron chi connectivity index (χ3n) is 5.35. The molecule has 1 aliphatic heterocycles. The van der Waals surface area contributed by atoms with E-state index in [1.165, 1.54) is 12.1 Å². The van der Waals surface area contributed by atoms with E-state index in [9.17, 15) is 13.6 Å². The van der Waals surface area contributed by atoms with Gasteiger partial charge in [0.15, 0.2) is 17.5 Å². The van der Waals surface area contributed by atoms with Gasteiger partial charge in [0.25, 0.3) is 0 Å². The van der Waals surface area contributed by atoms with Crippen molar-refractivity contribution >= 4 is 12.2 Å². The molecule has 9 nitrogen and oxygen atoms in total. The van der Waals surface area contributed by atoms with Crippen LogP contribution in [0.1, 0.15) is 18.0 Å². The molecular formula is C19H20F2N8O. The predicted molar refractivity (Wildman–Crippen MR) is 104 cm³/mol. The van der Waals surface area contributed by atoms with Crippen LogP contribution in [-0.4, -0.2) is 68.1 Å². The summed E-state index contributed by atoms with van der Waals surface area (Å²) < 4.78 is 29.1. The summed E-state index contributed by atoms with van der Waals surface area (Å²) in [5, 5.41) is 11.4. The van der Waals surface area contributed by atoms with Gasteiger partial charge in [0, 0.05) is 18.8 Å². The van der Waals surface area contributed by atoms with Gasteiger partial charge in [-0.3, -0.25) is 4.79 Å². The molecule has 1 saturated heterocycles. The maximum absolute atomic E-state index is 14.3. The van der Waals surface area contributed by atoms with Crippen molar-refractivity contribution in [3.63, 3.8) is 0 Å². The zero-order chi connectivity index (χ0) is 21.4. The van der Waals surface area contributed by atoms with Crippen molar-refractivity contribution in [3.05, 3.63) is 47.7 Å². The number of anilines is 1. The number of nitrogens with zero attached hydrogens (tertiary/aromatic N) is 7. The van der Waals surface area contributed by atoms with Crippen molar-refractivity contribution in [2.24, 2.45) is 0 Å². The van der Waals surface area contributed by atoms with E-state index < -0.39 is 11.6 Å². The molecule has 0 radical (unpaired) electrons. The fourth-order valence-electron chi connectivity index (χ4n) is 3.88. The lowest BCUT2D eigenvalue weighted by Gasteiger charge is -2.29. The number of amides is 1. The van der Waals surface area contributed by atoms with E-state index in [2.05, 4.69) is 25.4 Å². The Hall–Kier alpha value is -3.47. The highest BCUT2D eigenvalue weighted by Crippen LogP contribution is 2.36. The number of hydrogen-bond acceptors (Lipinski definition) is 7. The van der Waals surface area contributed by atoms with Crippen LogP contribution in [0.25, 0.3) is 17.1 Å². The van der Waals surface area contributed by atoms with Crippen LogP contribution in [0.4, 0.5) is 14.6 Å². The number of nitrogen functional groups attached to an aromatic ring is 1. The van der Waals surface area contributed by atoms with Gasteiger partial charge < -0.3 is 15.5 Å². The molecule has 2 aromatic heterocycles. The van der Waals surface area contributed by atoms with Gasteiger partial charge in [-0.25, -0.2) is 13.8 Å². The van der Waals surface area contributed by atoms with Crippen LogP contribution < -0.4 is 5.73 Å². The van der Waals surface area contributed by atoms with Crippen molar-refractivity contribution in [3.8, 4) is 17.1 Å². The zero-order valence-electron chi connectivity index (χ0n) is 16.4. The number of rotatable bonds is 5. The Morgan fingerprint density at radius 3 is 2.83 bits per heavy atom. The molecule has 3 aromatic rings. The lowest BCUT2D eigenvalue weighted by molar-refractivity contribution is -0.119. The molecule has 11 heteroatoms. The number of tetrazole rings is 1. The van der Waals surface area contributed by atoms with Gasteiger partial charge in [-0.15, -0.1) is 5.10 Å². The zero-order valence-corrected chi connectivity index (χ0v) is 16.4. The van der Waals surface area contributed by atoms with Crippen molar-refractivity contribution in [1.82, 2.24) is 35.0 Å². The normalized spacial score (nSPS) is 18.9. The van der Waals surface area contributed by atoms with E-state index in [-0.39, 0.29) is 29.4 Å². The molecule has 1 amide bonds. The summed E-state index contributed by atoms with van der Waals surface area (Å²) in [4.78, 5) is 19.6. The van der Waals surface area contributed by atoms with E-state index in [4.69, 9.17) is 5.73 Å². The van der Waals surface area contributed by atoms with Crippen LogP contribution in [0, 0.1) is 11.6 Å². The Labute approximate surface area is 171 Å². The van der Waals surface area contributed by atoms with E-state index >= 15 is 0 Å². The molecule has 0 bridgehead atoms. The second-order valence-electron chi connectivity index (χ2n) is 7.30. The largest absolute Gasteiger partial charge is 0.383 e. The first-order valence-electron chi connectivity index (χ1n) is 9.28. The summed E-state index contributed by atoms with van der Waals surface area (Å²) >= 11 is 0. The lowest BCUT2D eigenvalue weighted by atomic mass is 9.99. The van der Waals surface area contributed by atoms with Gasteiger partial charge in [0.1, 0.15) is 11.5 Å². The van der Waals surface area contributed by atoms with E-state index in [1.54, 1.807) is 17.2 Å². The Kier molecular flexibility index (Phi) is 5.12. The number of carbonyl (C=O) groups is 1. The Morgan fingerprint density at radius 2 is 2.10 bits per heavy atom. The quantitative estimate of drug-likeness (QED) is 0.630. The summed E-state index contributed by atoms with van der Waals surface area (Å²) in [6.45, 7) is 0.614. The molecule has 2 atom stereocenters. The highest BCUT2D eigenvalue weighted by molar-refractivity contribution is 5.70. The van der Waals surface area contributed by atoms with Crippen molar-refractivity contribution in [1.29, 1.82) is 0 Å². The Morgan fingerprint density at radius 1 is 1.30 bits per heavy atom. The number of nitrogens with two attached hydrogens (primary N) is 1. The number of benzene rings is 1. The molecule has 2 unspecified atom stereocenters. The van der Waals surface area contributed by atoms with Gasteiger partial charge in [-0.05, 0) is 54.7 Å². The molecule has 156 valence electrons. The molecular weight excluding hydrogens is 394 g/mol. The summed E-state index contributed by atoms with van der Waals surface area (Å²) in [7, 11) is 3.90. The minimum absolute atomic E-state index is 0.0881. The predicted octanol–water partition coefficient (Wildman–Crippen LogP) is 1.42. The Balaban J connectivity index is 1.82. The van der Waals surface area contributed by atoms with Crippen LogP contribution in [-0.2, 0) is 4.79 Å². The number of likely N-dealkylation sites (N-methyl/N-ethyl adjacent to an activating group) is 1. The third kappa shape index (κ3) is 3.26. The number of carbonyl (C=O) groups excluding carboxylic acids is 1. The molecule has 0 aliphatic carbocycles. The van der Waals surface area contributed by atoms with Crippen LogP contribution in [0.3, 0.4) is 0 Å². The second kappa shape index (κ2) is 7.75. The summed E-state index contributed by atoms with van der Waals surface area (Å²) in [5.41, 5.74) is 7.03. The summed E-state index contributed by atoms with van der Waals surface area (Å²) in [6, 6.07) is 5.32. The van der Waals surface area contributed by atoms with Crippen LogP contribution in [0.5, 0.6) is 0 Å². The van der Waals surface area contributed by atoms with Crippen LogP contribution >= 0.6 is 0 Å². The molecule has 30 heavy (non-hydrogen) atoms. The second-order valence-corrected chi connectivity index (χ2v) is 7.30. The molecule has 0 saturated carbocycles. The van der Waals surface area contributed by atoms with Crippen molar-refractivity contribution in [2.45, 2.75) is 18.5 Å². The minimum Gasteiger partial charge on any atom is -0.383 e. The van der Waals surface area contributed by atoms with Crippen LogP contribution in [0.2, 0.25) is 0 Å². The third-order valence-corrected chi connectivity index (χ3v) is 5.35. The van der Waals surface area contributed by atoms with E-state index in [1.807, 2.05) is 14.1 Å². The maximum Gasteiger partial charge on any atom is 0.210 e. The first kappa shape index (κ1) is 19.8. The topological polar surface area (TPSA) is 106 Å². The number of halogens is 2. The van der Waals surface area contributed by atoms with Gasteiger partial charge in [-0.1, -0.05) is 6.07 Å². The number of likely N-dealkylation sites (tertiary alicyclic amines) is 1. The molecule has 1 aliphatic rings. The van der Waals surface area contributed by atoms with E-state index in [0.717, 1.165) is 29.1 Å². The standard InChI is InChI=1S/C19H20F2N8O/c1-27(2)15-6-7-28(10-30)17(15)11-8-12(18(22)23-9-11)19-24-25-26-29(19)14-5-3-4-13(20)16(14)21/h3-5,8-10,15,17H,6-7H2,1-2H3,(H2,22,23). The first-order chi connectivity index (χ1) is 14.4. The minimum atomic E-state index is -1.08. The Bertz CT molecular complexity index is 1090. The molecule has 0 spiro atoms. The van der Waals surface area contributed by atoms with Crippen molar-refractivity contribution in [2.75, 3.05) is 26.4 Å². The number of aromatic nitrogens is 5. The maximum atomic E-state index is 14.3.